The Morgan fingerprint density at radius 2 is 1.85 bits per heavy atom. The van der Waals surface area contributed by atoms with Gasteiger partial charge in [-0.2, -0.15) is 5.26 Å². The Morgan fingerprint density at radius 1 is 1.11 bits per heavy atom. The minimum Gasteiger partial charge on any atom is -0.508 e. The topological polar surface area (TPSA) is 78.0 Å². The van der Waals surface area contributed by atoms with Gasteiger partial charge in [-0.15, -0.1) is 0 Å². The number of hydrogen-bond acceptors (Lipinski definition) is 3. The third-order valence-electron chi connectivity index (χ3n) is 4.40. The van der Waals surface area contributed by atoms with E-state index in [0.717, 1.165) is 16.9 Å². The Morgan fingerprint density at radius 3 is 2.56 bits per heavy atom. The molecule has 0 atom stereocenters. The second-order valence-corrected chi connectivity index (χ2v) is 6.19. The Balaban J connectivity index is 1.92. The summed E-state index contributed by atoms with van der Waals surface area (Å²) in [5.41, 5.74) is 4.54. The van der Waals surface area contributed by atoms with Crippen molar-refractivity contribution in [3.05, 3.63) is 83.2 Å². The Kier molecular flexibility index (Phi) is 5.09. The maximum absolute atomic E-state index is 12.5. The van der Waals surface area contributed by atoms with E-state index in [1.807, 2.05) is 61.0 Å². The number of carbonyl (C=O) groups is 1. The van der Waals surface area contributed by atoms with E-state index in [-0.39, 0.29) is 11.3 Å². The van der Waals surface area contributed by atoms with Crippen LogP contribution in [0.5, 0.6) is 5.75 Å². The number of benzene rings is 2. The molecule has 2 N–H and O–H groups in total. The SMILES string of the molecule is Cc1cccc(-n2cccc2/C=C(/C#N)C(=O)Nc2ccc(O)cc2)c1C. The molecule has 1 amide bonds. The summed E-state index contributed by atoms with van der Waals surface area (Å²) < 4.78 is 1.95. The Bertz CT molecular complexity index is 1050. The summed E-state index contributed by atoms with van der Waals surface area (Å²) in [6.45, 7) is 4.09. The number of nitrogens with zero attached hydrogens (tertiary/aromatic N) is 2. The molecule has 1 aromatic heterocycles. The number of aromatic nitrogens is 1. The lowest BCUT2D eigenvalue weighted by atomic mass is 10.1. The molecule has 0 aliphatic carbocycles. The largest absolute Gasteiger partial charge is 0.508 e. The zero-order chi connectivity index (χ0) is 19.4. The van der Waals surface area contributed by atoms with E-state index < -0.39 is 5.91 Å². The average Bonchev–Trinajstić information content (AvgIpc) is 3.11. The summed E-state index contributed by atoms with van der Waals surface area (Å²) in [4.78, 5) is 12.5. The first kappa shape index (κ1) is 18.0. The number of aryl methyl sites for hydroxylation is 1. The molecule has 0 spiro atoms. The number of anilines is 1. The molecule has 3 aromatic rings. The molecule has 0 saturated heterocycles. The second kappa shape index (κ2) is 7.63. The van der Waals surface area contributed by atoms with E-state index in [2.05, 4.69) is 5.32 Å². The fourth-order valence-electron chi connectivity index (χ4n) is 2.77. The minimum absolute atomic E-state index is 0.00617. The summed E-state index contributed by atoms with van der Waals surface area (Å²) >= 11 is 0. The van der Waals surface area contributed by atoms with Crippen molar-refractivity contribution < 1.29 is 9.90 Å². The van der Waals surface area contributed by atoms with Crippen molar-refractivity contribution in [1.29, 1.82) is 5.26 Å². The second-order valence-electron chi connectivity index (χ2n) is 6.19. The zero-order valence-corrected chi connectivity index (χ0v) is 15.1. The summed E-state index contributed by atoms with van der Waals surface area (Å²) in [5.74, 6) is -0.396. The van der Waals surface area contributed by atoms with Gasteiger partial charge in [0, 0.05) is 23.3 Å². The smallest absolute Gasteiger partial charge is 0.266 e. The summed E-state index contributed by atoms with van der Waals surface area (Å²) in [6.07, 6.45) is 3.47. The van der Waals surface area contributed by atoms with Gasteiger partial charge in [0.1, 0.15) is 17.4 Å². The lowest BCUT2D eigenvalue weighted by Gasteiger charge is -2.12. The molecule has 3 rings (SSSR count). The van der Waals surface area contributed by atoms with Gasteiger partial charge >= 0.3 is 0 Å². The van der Waals surface area contributed by atoms with Crippen LogP contribution in [0.3, 0.4) is 0 Å². The fraction of sp³-hybridized carbons (Fsp3) is 0.0909. The molecule has 0 bridgehead atoms. The number of phenolic OH excluding ortho intramolecular Hbond substituents is 1. The van der Waals surface area contributed by atoms with E-state index in [0.29, 0.717) is 5.69 Å². The van der Waals surface area contributed by atoms with Crippen molar-refractivity contribution in [3.8, 4) is 17.5 Å². The lowest BCUT2D eigenvalue weighted by molar-refractivity contribution is -0.112. The predicted octanol–water partition coefficient (Wildman–Crippen LogP) is 4.35. The van der Waals surface area contributed by atoms with Gasteiger partial charge in [0.05, 0.1) is 0 Å². The van der Waals surface area contributed by atoms with Crippen LogP contribution >= 0.6 is 0 Å². The third kappa shape index (κ3) is 3.91. The van der Waals surface area contributed by atoms with Crippen LogP contribution in [0.15, 0.2) is 66.4 Å². The summed E-state index contributed by atoms with van der Waals surface area (Å²) in [5, 5.41) is 21.4. The summed E-state index contributed by atoms with van der Waals surface area (Å²) in [6, 6.07) is 17.8. The van der Waals surface area contributed by atoms with Crippen LogP contribution in [0.4, 0.5) is 5.69 Å². The number of phenols is 1. The maximum atomic E-state index is 12.5. The number of carbonyl (C=O) groups excluding carboxylic acids is 1. The van der Waals surface area contributed by atoms with E-state index in [4.69, 9.17) is 0 Å². The maximum Gasteiger partial charge on any atom is 0.266 e. The molecule has 0 aliphatic heterocycles. The van der Waals surface area contributed by atoms with Gasteiger partial charge in [-0.3, -0.25) is 4.79 Å². The number of nitrogens with one attached hydrogen (secondary N) is 1. The van der Waals surface area contributed by atoms with Gasteiger partial charge in [-0.05, 0) is 73.5 Å². The molecule has 0 fully saturated rings. The number of rotatable bonds is 4. The van der Waals surface area contributed by atoms with Crippen LogP contribution in [0, 0.1) is 25.2 Å². The highest BCUT2D eigenvalue weighted by atomic mass is 16.3. The molecule has 1 heterocycles. The van der Waals surface area contributed by atoms with Crippen molar-refractivity contribution >= 4 is 17.7 Å². The number of hydrogen-bond donors (Lipinski definition) is 2. The van der Waals surface area contributed by atoms with Crippen LogP contribution in [-0.4, -0.2) is 15.6 Å². The fourth-order valence-corrected chi connectivity index (χ4v) is 2.77. The highest BCUT2D eigenvalue weighted by Crippen LogP contribution is 2.22. The van der Waals surface area contributed by atoms with Crippen molar-refractivity contribution in [2.24, 2.45) is 0 Å². The van der Waals surface area contributed by atoms with Gasteiger partial charge in [-0.25, -0.2) is 0 Å². The van der Waals surface area contributed by atoms with Crippen LogP contribution < -0.4 is 5.32 Å². The first-order valence-electron chi connectivity index (χ1n) is 8.45. The minimum atomic E-state index is -0.503. The van der Waals surface area contributed by atoms with Gasteiger partial charge in [0.15, 0.2) is 0 Å². The molecule has 5 nitrogen and oxygen atoms in total. The van der Waals surface area contributed by atoms with Gasteiger partial charge in [0.25, 0.3) is 5.91 Å². The quantitative estimate of drug-likeness (QED) is 0.414. The van der Waals surface area contributed by atoms with E-state index in [1.54, 1.807) is 18.2 Å². The first-order chi connectivity index (χ1) is 13.0. The predicted molar refractivity (Wildman–Crippen MR) is 106 cm³/mol. The van der Waals surface area contributed by atoms with Crippen LogP contribution in [0.1, 0.15) is 16.8 Å². The van der Waals surface area contributed by atoms with E-state index in [1.165, 1.54) is 17.7 Å². The number of aromatic hydroxyl groups is 1. The number of amides is 1. The first-order valence-corrected chi connectivity index (χ1v) is 8.45. The molecule has 0 unspecified atom stereocenters. The normalized spacial score (nSPS) is 11.1. The zero-order valence-electron chi connectivity index (χ0n) is 15.1. The Labute approximate surface area is 157 Å². The standard InChI is InChI=1S/C22H19N3O2/c1-15-5-3-7-21(16(15)2)25-12-4-6-19(25)13-17(14-23)22(27)24-18-8-10-20(26)11-9-18/h3-13,26H,1-2H3,(H,24,27)/b17-13-. The molecular formula is C22H19N3O2. The average molecular weight is 357 g/mol. The van der Waals surface area contributed by atoms with Crippen molar-refractivity contribution in [3.63, 3.8) is 0 Å². The van der Waals surface area contributed by atoms with Crippen molar-refractivity contribution in [1.82, 2.24) is 4.57 Å². The molecule has 0 saturated carbocycles. The number of nitriles is 1. The van der Waals surface area contributed by atoms with Gasteiger partial charge in [-0.1, -0.05) is 12.1 Å². The van der Waals surface area contributed by atoms with Gasteiger partial charge in [0.2, 0.25) is 0 Å². The van der Waals surface area contributed by atoms with Crippen LogP contribution in [0.25, 0.3) is 11.8 Å². The van der Waals surface area contributed by atoms with Gasteiger partial charge < -0.3 is 15.0 Å². The molecule has 5 heteroatoms. The van der Waals surface area contributed by atoms with Crippen LogP contribution in [-0.2, 0) is 4.79 Å². The highest BCUT2D eigenvalue weighted by Gasteiger charge is 2.12. The molecule has 0 radical (unpaired) electrons. The molecule has 2 aromatic carbocycles. The van der Waals surface area contributed by atoms with Crippen molar-refractivity contribution in [2.75, 3.05) is 5.32 Å². The highest BCUT2D eigenvalue weighted by molar-refractivity contribution is 6.09. The molecule has 134 valence electrons. The molecule has 0 aliphatic rings. The summed E-state index contributed by atoms with van der Waals surface area (Å²) in [7, 11) is 0. The molecule has 27 heavy (non-hydrogen) atoms. The monoisotopic (exact) mass is 357 g/mol. The third-order valence-corrected chi connectivity index (χ3v) is 4.40. The molecular weight excluding hydrogens is 338 g/mol. The van der Waals surface area contributed by atoms with E-state index >= 15 is 0 Å². The van der Waals surface area contributed by atoms with Crippen molar-refractivity contribution in [2.45, 2.75) is 13.8 Å². The van der Waals surface area contributed by atoms with Crippen LogP contribution in [0.2, 0.25) is 0 Å². The van der Waals surface area contributed by atoms with E-state index in [9.17, 15) is 15.2 Å². The Hall–Kier alpha value is -3.78. The lowest BCUT2D eigenvalue weighted by Crippen LogP contribution is -2.13.